The van der Waals surface area contributed by atoms with Gasteiger partial charge in [0.25, 0.3) is 11.8 Å². The summed E-state index contributed by atoms with van der Waals surface area (Å²) >= 11 is 0. The van der Waals surface area contributed by atoms with Crippen molar-refractivity contribution in [3.05, 3.63) is 59.3 Å². The van der Waals surface area contributed by atoms with E-state index in [1.807, 2.05) is 49.7 Å². The molecule has 27 heavy (non-hydrogen) atoms. The fraction of sp³-hybridized carbons (Fsp3) is 0.238. The van der Waals surface area contributed by atoms with Gasteiger partial charge in [-0.1, -0.05) is 6.07 Å². The van der Waals surface area contributed by atoms with E-state index in [9.17, 15) is 9.59 Å². The number of methoxy groups -OCH3 is 1. The van der Waals surface area contributed by atoms with Gasteiger partial charge < -0.3 is 19.9 Å². The molecule has 0 saturated heterocycles. The largest absolute Gasteiger partial charge is 0.497 e. The number of hydrogen-bond donors (Lipinski definition) is 2. The van der Waals surface area contributed by atoms with E-state index in [0.717, 1.165) is 22.2 Å². The minimum atomic E-state index is -0.233. The van der Waals surface area contributed by atoms with Crippen molar-refractivity contribution in [2.45, 2.75) is 13.8 Å². The maximum Gasteiger partial charge on any atom is 0.272 e. The Labute approximate surface area is 158 Å². The summed E-state index contributed by atoms with van der Waals surface area (Å²) < 4.78 is 7.09. The van der Waals surface area contributed by atoms with Crippen LogP contribution < -0.4 is 15.4 Å². The Kier molecular flexibility index (Phi) is 5.16. The highest BCUT2D eigenvalue weighted by Gasteiger charge is 2.17. The second-order valence-electron chi connectivity index (χ2n) is 6.31. The second-order valence-corrected chi connectivity index (χ2v) is 6.31. The summed E-state index contributed by atoms with van der Waals surface area (Å²) in [5.74, 6) is 0.358. The number of ether oxygens (including phenoxy) is 1. The number of nitrogens with one attached hydrogen (secondary N) is 2. The molecule has 2 N–H and O–H groups in total. The molecule has 6 heteroatoms. The van der Waals surface area contributed by atoms with Crippen LogP contribution >= 0.6 is 0 Å². The monoisotopic (exact) mass is 365 g/mol. The molecule has 1 heterocycles. The number of nitrogens with zero attached hydrogens (tertiary/aromatic N) is 1. The number of benzene rings is 2. The molecule has 2 aromatic carbocycles. The van der Waals surface area contributed by atoms with Gasteiger partial charge in [0, 0.05) is 35.7 Å². The van der Waals surface area contributed by atoms with E-state index in [1.165, 1.54) is 0 Å². The normalized spacial score (nSPS) is 10.7. The summed E-state index contributed by atoms with van der Waals surface area (Å²) in [4.78, 5) is 25.0. The molecular formula is C21H23N3O3. The summed E-state index contributed by atoms with van der Waals surface area (Å²) in [6, 6.07) is 12.8. The van der Waals surface area contributed by atoms with Gasteiger partial charge >= 0.3 is 0 Å². The SMILES string of the molecule is CCNC(=O)c1cccc(NC(=O)c2cc3cc(OC)ccc3n2C)c1C. The molecule has 0 saturated carbocycles. The lowest BCUT2D eigenvalue weighted by atomic mass is 10.1. The predicted molar refractivity (Wildman–Crippen MR) is 107 cm³/mol. The smallest absolute Gasteiger partial charge is 0.272 e. The zero-order valence-electron chi connectivity index (χ0n) is 15.9. The average Bonchev–Trinajstić information content (AvgIpc) is 2.99. The van der Waals surface area contributed by atoms with Crippen LogP contribution in [0.15, 0.2) is 42.5 Å². The first-order valence-electron chi connectivity index (χ1n) is 8.79. The van der Waals surface area contributed by atoms with Crippen LogP contribution in [0.2, 0.25) is 0 Å². The molecule has 1 aromatic heterocycles. The van der Waals surface area contributed by atoms with E-state index >= 15 is 0 Å². The Morgan fingerprint density at radius 1 is 1.11 bits per heavy atom. The van der Waals surface area contributed by atoms with Crippen molar-refractivity contribution < 1.29 is 14.3 Å². The zero-order chi connectivity index (χ0) is 19.6. The molecule has 0 bridgehead atoms. The molecule has 0 unspecified atom stereocenters. The van der Waals surface area contributed by atoms with Crippen LogP contribution in [0.4, 0.5) is 5.69 Å². The van der Waals surface area contributed by atoms with E-state index in [2.05, 4.69) is 10.6 Å². The van der Waals surface area contributed by atoms with E-state index in [-0.39, 0.29) is 11.8 Å². The van der Waals surface area contributed by atoms with Crippen molar-refractivity contribution in [2.75, 3.05) is 19.0 Å². The molecule has 0 aliphatic carbocycles. The number of aryl methyl sites for hydroxylation is 1. The molecule has 0 radical (unpaired) electrons. The Hall–Kier alpha value is -3.28. The van der Waals surface area contributed by atoms with Crippen LogP contribution in [0.1, 0.15) is 33.3 Å². The van der Waals surface area contributed by atoms with Gasteiger partial charge in [-0.05, 0) is 55.8 Å². The van der Waals surface area contributed by atoms with Crippen LogP contribution in [-0.2, 0) is 7.05 Å². The summed E-state index contributed by atoms with van der Waals surface area (Å²) in [6.07, 6.45) is 0. The highest BCUT2D eigenvalue weighted by atomic mass is 16.5. The second kappa shape index (κ2) is 7.53. The lowest BCUT2D eigenvalue weighted by molar-refractivity contribution is 0.0953. The average molecular weight is 365 g/mol. The number of anilines is 1. The van der Waals surface area contributed by atoms with Crippen LogP contribution in [0.3, 0.4) is 0 Å². The van der Waals surface area contributed by atoms with Gasteiger partial charge in [-0.2, -0.15) is 0 Å². The van der Waals surface area contributed by atoms with Crippen molar-refractivity contribution in [3.8, 4) is 5.75 Å². The molecule has 6 nitrogen and oxygen atoms in total. The molecule has 3 rings (SSSR count). The van der Waals surface area contributed by atoms with Crippen molar-refractivity contribution in [3.63, 3.8) is 0 Å². The van der Waals surface area contributed by atoms with Crippen molar-refractivity contribution >= 4 is 28.4 Å². The number of hydrogen-bond acceptors (Lipinski definition) is 3. The molecule has 2 amide bonds. The Morgan fingerprint density at radius 3 is 2.59 bits per heavy atom. The van der Waals surface area contributed by atoms with Gasteiger partial charge in [-0.3, -0.25) is 9.59 Å². The first kappa shape index (κ1) is 18.5. The summed E-state index contributed by atoms with van der Waals surface area (Å²) in [7, 11) is 3.46. The van der Waals surface area contributed by atoms with Crippen molar-refractivity contribution in [1.29, 1.82) is 0 Å². The first-order chi connectivity index (χ1) is 13.0. The quantitative estimate of drug-likeness (QED) is 0.727. The molecule has 140 valence electrons. The number of carbonyl (C=O) groups excluding carboxylic acids is 2. The lowest BCUT2D eigenvalue weighted by Gasteiger charge is -2.12. The van der Waals surface area contributed by atoms with Gasteiger partial charge in [-0.25, -0.2) is 0 Å². The van der Waals surface area contributed by atoms with E-state index < -0.39 is 0 Å². The van der Waals surface area contributed by atoms with E-state index in [0.29, 0.717) is 23.5 Å². The maximum atomic E-state index is 12.9. The fourth-order valence-electron chi connectivity index (χ4n) is 3.13. The highest BCUT2D eigenvalue weighted by Crippen LogP contribution is 2.25. The summed E-state index contributed by atoms with van der Waals surface area (Å²) in [5.41, 5.74) is 3.37. The number of fused-ring (bicyclic) bond motifs is 1. The van der Waals surface area contributed by atoms with Crippen LogP contribution in [0, 0.1) is 6.92 Å². The Morgan fingerprint density at radius 2 is 1.89 bits per heavy atom. The van der Waals surface area contributed by atoms with Gasteiger partial charge in [0.1, 0.15) is 11.4 Å². The van der Waals surface area contributed by atoms with Crippen LogP contribution in [0.25, 0.3) is 10.9 Å². The third-order valence-corrected chi connectivity index (χ3v) is 4.65. The van der Waals surface area contributed by atoms with E-state index in [1.54, 1.807) is 25.3 Å². The van der Waals surface area contributed by atoms with Crippen molar-refractivity contribution in [1.82, 2.24) is 9.88 Å². The van der Waals surface area contributed by atoms with Crippen LogP contribution in [0.5, 0.6) is 5.75 Å². The molecule has 0 aliphatic heterocycles. The van der Waals surface area contributed by atoms with Crippen LogP contribution in [-0.4, -0.2) is 30.0 Å². The third-order valence-electron chi connectivity index (χ3n) is 4.65. The standard InChI is InChI=1S/C21H23N3O3/c1-5-22-20(25)16-7-6-8-17(13(16)2)23-21(26)19-12-14-11-15(27-4)9-10-18(14)24(19)3/h6-12H,5H2,1-4H3,(H,22,25)(H,23,26). The lowest BCUT2D eigenvalue weighted by Crippen LogP contribution is -2.24. The number of rotatable bonds is 5. The number of carbonyl (C=O) groups is 2. The third kappa shape index (κ3) is 3.51. The van der Waals surface area contributed by atoms with Gasteiger partial charge in [0.15, 0.2) is 0 Å². The molecule has 0 spiro atoms. The van der Waals surface area contributed by atoms with Gasteiger partial charge in [0.05, 0.1) is 7.11 Å². The molecule has 3 aromatic rings. The Balaban J connectivity index is 1.92. The molecule has 0 aliphatic rings. The molecule has 0 fully saturated rings. The molecule has 0 atom stereocenters. The summed E-state index contributed by atoms with van der Waals surface area (Å²) in [6.45, 7) is 4.24. The number of aromatic nitrogens is 1. The maximum absolute atomic E-state index is 12.9. The highest BCUT2D eigenvalue weighted by molar-refractivity contribution is 6.07. The van der Waals surface area contributed by atoms with E-state index in [4.69, 9.17) is 4.74 Å². The predicted octanol–water partition coefficient (Wildman–Crippen LogP) is 3.50. The molecular weight excluding hydrogens is 342 g/mol. The minimum Gasteiger partial charge on any atom is -0.497 e. The minimum absolute atomic E-state index is 0.150. The fourth-order valence-corrected chi connectivity index (χ4v) is 3.13. The van der Waals surface area contributed by atoms with Gasteiger partial charge in [0.2, 0.25) is 0 Å². The van der Waals surface area contributed by atoms with Crippen molar-refractivity contribution in [2.24, 2.45) is 7.05 Å². The number of amides is 2. The van der Waals surface area contributed by atoms with Gasteiger partial charge in [-0.15, -0.1) is 0 Å². The topological polar surface area (TPSA) is 72.4 Å². The Bertz CT molecular complexity index is 1020. The first-order valence-corrected chi connectivity index (χ1v) is 8.79. The zero-order valence-corrected chi connectivity index (χ0v) is 15.9. The summed E-state index contributed by atoms with van der Waals surface area (Å²) in [5, 5.41) is 6.63.